The van der Waals surface area contributed by atoms with Crippen LogP contribution < -0.4 is 10.6 Å². The molecule has 1 aromatic rings. The summed E-state index contributed by atoms with van der Waals surface area (Å²) in [7, 11) is 0. The number of halogens is 1. The lowest BCUT2D eigenvalue weighted by Gasteiger charge is -2.07. The number of imide groups is 1. The van der Waals surface area contributed by atoms with Gasteiger partial charge in [-0.2, -0.15) is 0 Å². The van der Waals surface area contributed by atoms with Gasteiger partial charge in [-0.15, -0.1) is 11.6 Å². The third-order valence-corrected chi connectivity index (χ3v) is 2.57. The van der Waals surface area contributed by atoms with Gasteiger partial charge >= 0.3 is 6.03 Å². The van der Waals surface area contributed by atoms with E-state index >= 15 is 0 Å². The number of amides is 3. The smallest absolute Gasteiger partial charge is 0.321 e. The zero-order valence-electron chi connectivity index (χ0n) is 10.3. The molecule has 2 N–H and O–H groups in total. The van der Waals surface area contributed by atoms with E-state index < -0.39 is 17.3 Å². The summed E-state index contributed by atoms with van der Waals surface area (Å²) in [6.45, 7) is 2.03. The average Bonchev–Trinajstić information content (AvgIpc) is 2.35. The van der Waals surface area contributed by atoms with Crippen LogP contribution >= 0.6 is 11.6 Å². The first-order chi connectivity index (χ1) is 8.59. The van der Waals surface area contributed by atoms with Crippen LogP contribution in [0.25, 0.3) is 0 Å². The minimum Gasteiger partial charge on any atom is -0.338 e. The Morgan fingerprint density at radius 2 is 1.94 bits per heavy atom. The van der Waals surface area contributed by atoms with Gasteiger partial charge in [-0.05, 0) is 25.3 Å². The lowest BCUT2D eigenvalue weighted by atomic mass is 10.1. The molecular formula is C13H17ClN2O2. The number of rotatable bonds is 5. The minimum atomic E-state index is -0.708. The molecular weight excluding hydrogens is 252 g/mol. The van der Waals surface area contributed by atoms with Crippen LogP contribution in [0.1, 0.15) is 18.9 Å². The molecule has 1 unspecified atom stereocenters. The Hall–Kier alpha value is -1.55. The van der Waals surface area contributed by atoms with Crippen molar-refractivity contribution in [3.63, 3.8) is 0 Å². The van der Waals surface area contributed by atoms with Crippen molar-refractivity contribution >= 4 is 23.5 Å². The predicted molar refractivity (Wildman–Crippen MR) is 71.6 cm³/mol. The number of hydrogen-bond acceptors (Lipinski definition) is 2. The van der Waals surface area contributed by atoms with Crippen molar-refractivity contribution in [2.45, 2.75) is 25.1 Å². The van der Waals surface area contributed by atoms with Crippen LogP contribution in [0.5, 0.6) is 0 Å². The zero-order valence-corrected chi connectivity index (χ0v) is 11.0. The standard InChI is InChI=1S/C13H17ClN2O2/c1-10(14)12(17)16-13(18)15-9-5-8-11-6-3-2-4-7-11/h2-4,6-7,10H,5,8-9H2,1H3,(H2,15,16,17,18). The van der Waals surface area contributed by atoms with Crippen molar-refractivity contribution in [1.82, 2.24) is 10.6 Å². The third-order valence-electron chi connectivity index (χ3n) is 2.37. The van der Waals surface area contributed by atoms with E-state index in [9.17, 15) is 9.59 Å². The van der Waals surface area contributed by atoms with Crippen LogP contribution in [0.15, 0.2) is 30.3 Å². The number of carbonyl (C=O) groups excluding carboxylic acids is 2. The molecule has 0 aliphatic heterocycles. The maximum absolute atomic E-state index is 11.3. The molecule has 0 saturated heterocycles. The van der Waals surface area contributed by atoms with Gasteiger partial charge in [0.25, 0.3) is 0 Å². The van der Waals surface area contributed by atoms with E-state index in [1.54, 1.807) is 0 Å². The maximum atomic E-state index is 11.3. The molecule has 0 aliphatic rings. The average molecular weight is 269 g/mol. The van der Waals surface area contributed by atoms with Crippen LogP contribution in [-0.4, -0.2) is 23.9 Å². The van der Waals surface area contributed by atoms with Gasteiger partial charge in [0.1, 0.15) is 5.38 Å². The Balaban J connectivity index is 2.15. The van der Waals surface area contributed by atoms with E-state index in [4.69, 9.17) is 11.6 Å². The van der Waals surface area contributed by atoms with Crippen LogP contribution in [-0.2, 0) is 11.2 Å². The summed E-state index contributed by atoms with van der Waals surface area (Å²) in [5.74, 6) is -0.489. The SMILES string of the molecule is CC(Cl)C(=O)NC(=O)NCCCc1ccccc1. The molecule has 5 heteroatoms. The molecule has 0 bridgehead atoms. The van der Waals surface area contributed by atoms with E-state index in [-0.39, 0.29) is 0 Å². The molecule has 0 aliphatic carbocycles. The van der Waals surface area contributed by atoms with E-state index in [1.165, 1.54) is 12.5 Å². The van der Waals surface area contributed by atoms with Crippen LogP contribution in [0, 0.1) is 0 Å². The summed E-state index contributed by atoms with van der Waals surface area (Å²) in [5, 5.41) is 4.06. The van der Waals surface area contributed by atoms with E-state index in [2.05, 4.69) is 10.6 Å². The van der Waals surface area contributed by atoms with Crippen molar-refractivity contribution in [3.8, 4) is 0 Å². The highest BCUT2D eigenvalue weighted by atomic mass is 35.5. The number of alkyl halides is 1. The highest BCUT2D eigenvalue weighted by Gasteiger charge is 2.11. The lowest BCUT2D eigenvalue weighted by Crippen LogP contribution is -2.42. The summed E-state index contributed by atoms with van der Waals surface area (Å²) in [6, 6.07) is 9.51. The van der Waals surface area contributed by atoms with Crippen molar-refractivity contribution < 1.29 is 9.59 Å². The van der Waals surface area contributed by atoms with Crippen LogP contribution in [0.2, 0.25) is 0 Å². The Bertz CT molecular complexity index is 393. The second-order valence-corrected chi connectivity index (χ2v) is 4.60. The number of carbonyl (C=O) groups is 2. The van der Waals surface area contributed by atoms with Gasteiger partial charge in [0.05, 0.1) is 0 Å². The van der Waals surface area contributed by atoms with Crippen molar-refractivity contribution in [1.29, 1.82) is 0 Å². The summed E-state index contributed by atoms with van der Waals surface area (Å²) in [6.07, 6.45) is 1.71. The molecule has 18 heavy (non-hydrogen) atoms. The molecule has 4 nitrogen and oxygen atoms in total. The number of benzene rings is 1. The Morgan fingerprint density at radius 3 is 2.56 bits per heavy atom. The monoisotopic (exact) mass is 268 g/mol. The van der Waals surface area contributed by atoms with Crippen LogP contribution in [0.3, 0.4) is 0 Å². The topological polar surface area (TPSA) is 58.2 Å². The molecule has 0 heterocycles. The third kappa shape index (κ3) is 5.68. The largest absolute Gasteiger partial charge is 0.338 e. The zero-order chi connectivity index (χ0) is 13.4. The van der Waals surface area contributed by atoms with Crippen molar-refractivity contribution in [3.05, 3.63) is 35.9 Å². The fourth-order valence-electron chi connectivity index (χ4n) is 1.39. The summed E-state index contributed by atoms with van der Waals surface area (Å²) in [4.78, 5) is 22.4. The number of urea groups is 1. The first-order valence-electron chi connectivity index (χ1n) is 5.86. The van der Waals surface area contributed by atoms with Gasteiger partial charge in [0.2, 0.25) is 5.91 Å². The Labute approximate surface area is 112 Å². The summed E-state index contributed by atoms with van der Waals surface area (Å²) in [5.41, 5.74) is 1.23. The van der Waals surface area contributed by atoms with E-state index in [0.717, 1.165) is 12.8 Å². The molecule has 0 fully saturated rings. The molecule has 1 rings (SSSR count). The van der Waals surface area contributed by atoms with Gasteiger partial charge in [-0.3, -0.25) is 10.1 Å². The first kappa shape index (κ1) is 14.5. The molecule has 98 valence electrons. The van der Waals surface area contributed by atoms with Gasteiger partial charge in [-0.25, -0.2) is 4.79 Å². The van der Waals surface area contributed by atoms with Crippen LogP contribution in [0.4, 0.5) is 4.79 Å². The molecule has 1 atom stereocenters. The fourth-order valence-corrected chi connectivity index (χ4v) is 1.45. The maximum Gasteiger partial charge on any atom is 0.321 e. The Morgan fingerprint density at radius 1 is 1.28 bits per heavy atom. The molecule has 0 saturated carbocycles. The van der Waals surface area contributed by atoms with Gasteiger partial charge in [-0.1, -0.05) is 30.3 Å². The fraction of sp³-hybridized carbons (Fsp3) is 0.385. The quantitative estimate of drug-likeness (QED) is 0.634. The molecule has 1 aromatic carbocycles. The lowest BCUT2D eigenvalue weighted by molar-refractivity contribution is -0.119. The first-order valence-corrected chi connectivity index (χ1v) is 6.30. The molecule has 0 radical (unpaired) electrons. The molecule has 3 amide bonds. The van der Waals surface area contributed by atoms with Crippen molar-refractivity contribution in [2.24, 2.45) is 0 Å². The minimum absolute atomic E-state index is 0.489. The highest BCUT2D eigenvalue weighted by molar-refractivity contribution is 6.31. The van der Waals surface area contributed by atoms with E-state index in [1.807, 2.05) is 30.3 Å². The summed E-state index contributed by atoms with van der Waals surface area (Å²) < 4.78 is 0. The van der Waals surface area contributed by atoms with Crippen molar-refractivity contribution in [2.75, 3.05) is 6.54 Å². The van der Waals surface area contributed by atoms with E-state index in [0.29, 0.717) is 6.54 Å². The normalized spacial score (nSPS) is 11.7. The van der Waals surface area contributed by atoms with Gasteiger partial charge in [0.15, 0.2) is 0 Å². The number of hydrogen-bond donors (Lipinski definition) is 2. The molecule has 0 aromatic heterocycles. The molecule has 0 spiro atoms. The number of nitrogens with one attached hydrogen (secondary N) is 2. The second-order valence-electron chi connectivity index (χ2n) is 3.95. The van der Waals surface area contributed by atoms with Gasteiger partial charge in [0, 0.05) is 6.54 Å². The number of aryl methyl sites for hydroxylation is 1. The highest BCUT2D eigenvalue weighted by Crippen LogP contribution is 2.01. The second kappa shape index (κ2) is 7.71. The predicted octanol–water partition coefficient (Wildman–Crippen LogP) is 2.07. The van der Waals surface area contributed by atoms with Gasteiger partial charge < -0.3 is 5.32 Å². The summed E-state index contributed by atoms with van der Waals surface area (Å²) >= 11 is 5.52. The Kier molecular flexibility index (Phi) is 6.22.